The highest BCUT2D eigenvalue weighted by molar-refractivity contribution is 8.00. The summed E-state index contributed by atoms with van der Waals surface area (Å²) in [6, 6.07) is 13.8. The number of pyridine rings is 1. The topological polar surface area (TPSA) is 50.7 Å². The van der Waals surface area contributed by atoms with Crippen LogP contribution in [0.15, 0.2) is 65.8 Å². The maximum absolute atomic E-state index is 13.0. The van der Waals surface area contributed by atoms with Gasteiger partial charge in [0.2, 0.25) is 0 Å². The second-order valence-electron chi connectivity index (χ2n) is 5.62. The zero-order valence-corrected chi connectivity index (χ0v) is 16.0. The van der Waals surface area contributed by atoms with Crippen LogP contribution in [-0.2, 0) is 0 Å². The van der Waals surface area contributed by atoms with Crippen LogP contribution in [-0.4, -0.2) is 15.0 Å². The van der Waals surface area contributed by atoms with E-state index in [0.29, 0.717) is 21.5 Å². The number of hydrogen-bond acceptors (Lipinski definition) is 5. The molecule has 0 amide bonds. The van der Waals surface area contributed by atoms with Crippen molar-refractivity contribution in [1.82, 2.24) is 15.0 Å². The zero-order valence-electron chi connectivity index (χ0n) is 13.7. The minimum absolute atomic E-state index is 0.277. The molecule has 27 heavy (non-hydrogen) atoms. The lowest BCUT2D eigenvalue weighted by atomic mass is 10.1. The minimum atomic E-state index is -0.277. The molecule has 0 atom stereocenters. The highest BCUT2D eigenvalue weighted by Crippen LogP contribution is 2.31. The molecule has 4 nitrogen and oxygen atoms in total. The number of halogens is 3. The number of rotatable bonds is 4. The van der Waals surface area contributed by atoms with Gasteiger partial charge in [-0.15, -0.1) is 0 Å². The number of aromatic nitrogens is 3. The number of benzene rings is 2. The standard InChI is InChI=1S/C19H11Cl2FN4S/c20-18-10-23-15-6-1-11(7-16(15)25-18)12-8-17(19(21)24-9-12)26-27-14-4-2-13(22)3-5-14/h1-10,26H. The molecule has 1 N–H and O–H groups in total. The normalized spacial score (nSPS) is 10.9. The summed E-state index contributed by atoms with van der Waals surface area (Å²) in [6.45, 7) is 0. The third-order valence-corrected chi connectivity index (χ3v) is 5.09. The molecule has 0 radical (unpaired) electrons. The second kappa shape index (κ2) is 7.68. The van der Waals surface area contributed by atoms with E-state index in [1.165, 1.54) is 30.3 Å². The molecule has 4 rings (SSSR count). The lowest BCUT2D eigenvalue weighted by Crippen LogP contribution is -1.92. The van der Waals surface area contributed by atoms with Crippen molar-refractivity contribution in [1.29, 1.82) is 0 Å². The van der Waals surface area contributed by atoms with Gasteiger partial charge >= 0.3 is 0 Å². The van der Waals surface area contributed by atoms with Gasteiger partial charge in [-0.2, -0.15) is 0 Å². The fourth-order valence-electron chi connectivity index (χ4n) is 2.46. The van der Waals surface area contributed by atoms with Crippen molar-refractivity contribution in [3.63, 3.8) is 0 Å². The quantitative estimate of drug-likeness (QED) is 0.314. The third-order valence-electron chi connectivity index (χ3n) is 3.78. The summed E-state index contributed by atoms with van der Waals surface area (Å²) in [7, 11) is 0. The van der Waals surface area contributed by atoms with Gasteiger partial charge in [-0.3, -0.25) is 4.98 Å². The molecule has 2 heterocycles. The average Bonchev–Trinajstić information content (AvgIpc) is 2.68. The van der Waals surface area contributed by atoms with Crippen LogP contribution >= 0.6 is 35.1 Å². The van der Waals surface area contributed by atoms with Gasteiger partial charge in [0.1, 0.15) is 11.0 Å². The molecule has 0 fully saturated rings. The van der Waals surface area contributed by atoms with Crippen molar-refractivity contribution in [2.24, 2.45) is 0 Å². The van der Waals surface area contributed by atoms with Crippen molar-refractivity contribution in [2.75, 3.05) is 4.72 Å². The van der Waals surface area contributed by atoms with E-state index in [9.17, 15) is 4.39 Å². The van der Waals surface area contributed by atoms with Crippen LogP contribution in [0.5, 0.6) is 0 Å². The summed E-state index contributed by atoms with van der Waals surface area (Å²) in [4.78, 5) is 13.6. The van der Waals surface area contributed by atoms with E-state index in [-0.39, 0.29) is 5.82 Å². The van der Waals surface area contributed by atoms with E-state index in [0.717, 1.165) is 21.5 Å². The van der Waals surface area contributed by atoms with E-state index >= 15 is 0 Å². The number of nitrogens with zero attached hydrogens (tertiary/aromatic N) is 3. The predicted molar refractivity (Wildman–Crippen MR) is 109 cm³/mol. The molecule has 134 valence electrons. The van der Waals surface area contributed by atoms with Crippen molar-refractivity contribution in [3.05, 3.63) is 77.0 Å². The Balaban J connectivity index is 1.62. The van der Waals surface area contributed by atoms with Gasteiger partial charge in [0.05, 0.1) is 22.9 Å². The van der Waals surface area contributed by atoms with Gasteiger partial charge in [0.15, 0.2) is 5.15 Å². The number of hydrogen-bond donors (Lipinski definition) is 1. The van der Waals surface area contributed by atoms with Crippen LogP contribution in [0, 0.1) is 5.82 Å². The van der Waals surface area contributed by atoms with Crippen molar-refractivity contribution in [3.8, 4) is 11.1 Å². The van der Waals surface area contributed by atoms with Crippen LogP contribution < -0.4 is 4.72 Å². The van der Waals surface area contributed by atoms with Crippen LogP contribution in [0.25, 0.3) is 22.2 Å². The SMILES string of the molecule is Fc1ccc(SNc2cc(-c3ccc4ncc(Cl)nc4c3)cnc2Cl)cc1. The second-order valence-corrected chi connectivity index (χ2v) is 7.24. The summed E-state index contributed by atoms with van der Waals surface area (Å²) in [5.74, 6) is -0.277. The highest BCUT2D eigenvalue weighted by atomic mass is 35.5. The van der Waals surface area contributed by atoms with Gasteiger partial charge in [0, 0.05) is 16.7 Å². The molecular formula is C19H11Cl2FN4S. The van der Waals surface area contributed by atoms with E-state index in [4.69, 9.17) is 23.2 Å². The summed E-state index contributed by atoms with van der Waals surface area (Å²) >= 11 is 13.5. The fraction of sp³-hybridized carbons (Fsp3) is 0. The molecule has 0 aliphatic heterocycles. The predicted octanol–water partition coefficient (Wildman–Crippen LogP) is 6.26. The zero-order chi connectivity index (χ0) is 18.8. The number of anilines is 1. The Bertz CT molecular complexity index is 1120. The van der Waals surface area contributed by atoms with Crippen molar-refractivity contribution in [2.45, 2.75) is 4.90 Å². The molecule has 0 spiro atoms. The first kappa shape index (κ1) is 18.0. The summed E-state index contributed by atoms with van der Waals surface area (Å²) < 4.78 is 16.2. The lowest BCUT2D eigenvalue weighted by Gasteiger charge is -2.10. The molecule has 0 aliphatic carbocycles. The van der Waals surface area contributed by atoms with Gasteiger partial charge in [-0.05, 0) is 60.0 Å². The van der Waals surface area contributed by atoms with Crippen molar-refractivity contribution < 1.29 is 4.39 Å². The first-order valence-electron chi connectivity index (χ1n) is 7.85. The average molecular weight is 417 g/mol. The van der Waals surface area contributed by atoms with Crippen LogP contribution in [0.1, 0.15) is 0 Å². The van der Waals surface area contributed by atoms with Crippen LogP contribution in [0.4, 0.5) is 10.1 Å². The van der Waals surface area contributed by atoms with E-state index in [1.54, 1.807) is 18.3 Å². The maximum Gasteiger partial charge on any atom is 0.152 e. The van der Waals surface area contributed by atoms with Gasteiger partial charge in [-0.25, -0.2) is 14.4 Å². The van der Waals surface area contributed by atoms with Crippen LogP contribution in [0.2, 0.25) is 10.3 Å². The fourth-order valence-corrected chi connectivity index (χ4v) is 3.46. The van der Waals surface area contributed by atoms with E-state index in [2.05, 4.69) is 19.7 Å². The Morgan fingerprint density at radius 3 is 2.48 bits per heavy atom. The Labute approximate surface area is 168 Å². The Hall–Kier alpha value is -2.41. The lowest BCUT2D eigenvalue weighted by molar-refractivity contribution is 0.626. The largest absolute Gasteiger partial charge is 0.323 e. The molecule has 2 aromatic carbocycles. The number of nitrogens with one attached hydrogen (secondary N) is 1. The molecule has 0 unspecified atom stereocenters. The van der Waals surface area contributed by atoms with E-state index in [1.807, 2.05) is 24.3 Å². The van der Waals surface area contributed by atoms with Gasteiger partial charge in [0.25, 0.3) is 0 Å². The van der Waals surface area contributed by atoms with Crippen LogP contribution in [0.3, 0.4) is 0 Å². The molecule has 0 aliphatic rings. The maximum atomic E-state index is 13.0. The molecular weight excluding hydrogens is 406 g/mol. The van der Waals surface area contributed by atoms with Gasteiger partial charge < -0.3 is 4.72 Å². The Kier molecular flexibility index (Phi) is 5.11. The molecule has 8 heteroatoms. The molecule has 4 aromatic rings. The first-order valence-corrected chi connectivity index (χ1v) is 9.42. The molecule has 0 saturated carbocycles. The smallest absolute Gasteiger partial charge is 0.152 e. The molecule has 0 bridgehead atoms. The van der Waals surface area contributed by atoms with E-state index < -0.39 is 0 Å². The molecule has 0 saturated heterocycles. The third kappa shape index (κ3) is 4.13. The Morgan fingerprint density at radius 1 is 0.852 bits per heavy atom. The summed E-state index contributed by atoms with van der Waals surface area (Å²) in [5.41, 5.74) is 3.89. The highest BCUT2D eigenvalue weighted by Gasteiger charge is 2.08. The Morgan fingerprint density at radius 2 is 1.67 bits per heavy atom. The van der Waals surface area contributed by atoms with Gasteiger partial charge in [-0.1, -0.05) is 29.3 Å². The first-order chi connectivity index (χ1) is 13.1. The van der Waals surface area contributed by atoms with Crippen molar-refractivity contribution >= 4 is 51.9 Å². The monoisotopic (exact) mass is 416 g/mol. The minimum Gasteiger partial charge on any atom is -0.323 e. The summed E-state index contributed by atoms with van der Waals surface area (Å²) in [5, 5.41) is 0.684. The number of fused-ring (bicyclic) bond motifs is 1. The summed E-state index contributed by atoms with van der Waals surface area (Å²) in [6.07, 6.45) is 3.21. The molecule has 2 aromatic heterocycles.